The molecule has 34 heavy (non-hydrogen) atoms. The molecule has 6 heteroatoms. The Morgan fingerprint density at radius 3 is 2.50 bits per heavy atom. The van der Waals surface area contributed by atoms with Gasteiger partial charge in [-0.2, -0.15) is 0 Å². The summed E-state index contributed by atoms with van der Waals surface area (Å²) in [7, 11) is 0. The number of ether oxygens (including phenoxy) is 1. The zero-order chi connectivity index (χ0) is 24.7. The Balaban J connectivity index is 1.80. The third kappa shape index (κ3) is 6.75. The highest BCUT2D eigenvalue weighted by molar-refractivity contribution is 6.31. The Labute approximate surface area is 208 Å². The van der Waals surface area contributed by atoms with Crippen molar-refractivity contribution in [3.63, 3.8) is 0 Å². The Morgan fingerprint density at radius 1 is 1.12 bits per heavy atom. The molecule has 0 radical (unpaired) electrons. The molecular weight excluding hydrogens is 448 g/mol. The minimum absolute atomic E-state index is 0.0996. The quantitative estimate of drug-likeness (QED) is 0.482. The van der Waals surface area contributed by atoms with E-state index >= 15 is 0 Å². The number of nitrogens with one attached hydrogen (secondary N) is 1. The number of carbonyl (C=O) groups excluding carboxylic acids is 2. The molecule has 3 rings (SSSR count). The molecule has 0 saturated heterocycles. The van der Waals surface area contributed by atoms with Crippen LogP contribution in [0.4, 0.5) is 0 Å². The van der Waals surface area contributed by atoms with E-state index in [1.54, 1.807) is 11.0 Å². The molecule has 2 aromatic rings. The molecule has 0 spiro atoms. The topological polar surface area (TPSA) is 58.6 Å². The van der Waals surface area contributed by atoms with Gasteiger partial charge in [-0.1, -0.05) is 62.1 Å². The largest absolute Gasteiger partial charge is 0.483 e. The second-order valence-corrected chi connectivity index (χ2v) is 9.78. The van der Waals surface area contributed by atoms with Crippen LogP contribution in [0.1, 0.15) is 67.7 Å². The molecule has 1 atom stereocenters. The number of carbonyl (C=O) groups is 2. The fourth-order valence-electron chi connectivity index (χ4n) is 4.65. The molecule has 1 fully saturated rings. The fourth-order valence-corrected chi connectivity index (χ4v) is 4.84. The van der Waals surface area contributed by atoms with Gasteiger partial charge < -0.3 is 15.0 Å². The van der Waals surface area contributed by atoms with Crippen LogP contribution < -0.4 is 10.1 Å². The summed E-state index contributed by atoms with van der Waals surface area (Å²) in [5.41, 5.74) is 4.02. The summed E-state index contributed by atoms with van der Waals surface area (Å²) in [5, 5.41) is 3.77. The third-order valence-electron chi connectivity index (χ3n) is 6.75. The molecule has 1 saturated carbocycles. The minimum atomic E-state index is -0.588. The first-order valence-corrected chi connectivity index (χ1v) is 12.7. The summed E-state index contributed by atoms with van der Waals surface area (Å²) in [5.74, 6) is 0.366. The number of aryl methyl sites for hydroxylation is 2. The average Bonchev–Trinajstić information content (AvgIpc) is 2.82. The molecular formula is C28H37ClN2O3. The van der Waals surface area contributed by atoms with Crippen molar-refractivity contribution in [1.29, 1.82) is 0 Å². The standard InChI is InChI=1S/C28H37ClN2O3/c1-5-25(28(33)30-23-12-7-6-8-13-23)31(17-22-11-9-10-14-24(22)29)27(32)18-34-26-16-19(2)15-20(3)21(26)4/h9-11,14-16,23,25H,5-8,12-13,17-18H2,1-4H3,(H,30,33)/t25-/m1/s1. The van der Waals surface area contributed by atoms with Crippen LogP contribution in [0.5, 0.6) is 5.75 Å². The van der Waals surface area contributed by atoms with Crippen molar-refractivity contribution in [3.8, 4) is 5.75 Å². The van der Waals surface area contributed by atoms with Gasteiger partial charge in [-0.3, -0.25) is 9.59 Å². The predicted molar refractivity (Wildman–Crippen MR) is 137 cm³/mol. The van der Waals surface area contributed by atoms with Gasteiger partial charge in [-0.25, -0.2) is 0 Å². The van der Waals surface area contributed by atoms with Crippen molar-refractivity contribution < 1.29 is 14.3 Å². The lowest BCUT2D eigenvalue weighted by molar-refractivity contribution is -0.143. The Kier molecular flexibility index (Phi) is 9.40. The maximum atomic E-state index is 13.5. The van der Waals surface area contributed by atoms with E-state index in [0.29, 0.717) is 17.2 Å². The van der Waals surface area contributed by atoms with Crippen LogP contribution in [0.15, 0.2) is 36.4 Å². The number of hydrogen-bond donors (Lipinski definition) is 1. The Hall–Kier alpha value is -2.53. The van der Waals surface area contributed by atoms with E-state index in [1.165, 1.54) is 6.42 Å². The van der Waals surface area contributed by atoms with Gasteiger partial charge in [0.25, 0.3) is 5.91 Å². The van der Waals surface area contributed by atoms with Gasteiger partial charge in [0.05, 0.1) is 0 Å². The minimum Gasteiger partial charge on any atom is -0.483 e. The summed E-state index contributed by atoms with van der Waals surface area (Å²) in [6, 6.07) is 11.1. The van der Waals surface area contributed by atoms with E-state index in [2.05, 4.69) is 11.4 Å². The van der Waals surface area contributed by atoms with Gasteiger partial charge in [0.1, 0.15) is 11.8 Å². The molecule has 2 amide bonds. The van der Waals surface area contributed by atoms with Crippen molar-refractivity contribution in [2.24, 2.45) is 0 Å². The predicted octanol–water partition coefficient (Wildman–Crippen LogP) is 5.90. The van der Waals surface area contributed by atoms with E-state index < -0.39 is 6.04 Å². The molecule has 1 N–H and O–H groups in total. The van der Waals surface area contributed by atoms with Gasteiger partial charge in [-0.15, -0.1) is 0 Å². The van der Waals surface area contributed by atoms with Crippen molar-refractivity contribution in [2.75, 3.05) is 6.61 Å². The van der Waals surface area contributed by atoms with Crippen LogP contribution in [0.2, 0.25) is 5.02 Å². The number of rotatable bonds is 9. The first kappa shape index (κ1) is 26.1. The molecule has 0 bridgehead atoms. The molecule has 2 aromatic carbocycles. The molecule has 0 unspecified atom stereocenters. The van der Waals surface area contributed by atoms with Crippen molar-refractivity contribution >= 4 is 23.4 Å². The van der Waals surface area contributed by atoms with Crippen LogP contribution >= 0.6 is 11.6 Å². The second-order valence-electron chi connectivity index (χ2n) is 9.37. The first-order valence-electron chi connectivity index (χ1n) is 12.3. The zero-order valence-electron chi connectivity index (χ0n) is 20.8. The van der Waals surface area contributed by atoms with E-state index in [0.717, 1.165) is 47.9 Å². The van der Waals surface area contributed by atoms with Crippen LogP contribution in [-0.4, -0.2) is 35.4 Å². The summed E-state index contributed by atoms with van der Waals surface area (Å²) in [6.07, 6.45) is 5.99. The van der Waals surface area contributed by atoms with E-state index in [-0.39, 0.29) is 31.0 Å². The number of hydrogen-bond acceptors (Lipinski definition) is 3. The van der Waals surface area contributed by atoms with Gasteiger partial charge >= 0.3 is 0 Å². The molecule has 0 aromatic heterocycles. The van der Waals surface area contributed by atoms with Crippen molar-refractivity contribution in [1.82, 2.24) is 10.2 Å². The summed E-state index contributed by atoms with van der Waals surface area (Å²) < 4.78 is 5.98. The lowest BCUT2D eigenvalue weighted by Gasteiger charge is -2.33. The smallest absolute Gasteiger partial charge is 0.261 e. The number of halogens is 1. The van der Waals surface area contributed by atoms with Crippen molar-refractivity contribution in [3.05, 3.63) is 63.7 Å². The summed E-state index contributed by atoms with van der Waals surface area (Å²) in [6.45, 7) is 8.08. The van der Waals surface area contributed by atoms with Gasteiger partial charge in [0, 0.05) is 17.6 Å². The number of nitrogens with zero attached hydrogens (tertiary/aromatic N) is 1. The van der Waals surface area contributed by atoms with Crippen LogP contribution in [-0.2, 0) is 16.1 Å². The van der Waals surface area contributed by atoms with Gasteiger partial charge in [0.2, 0.25) is 5.91 Å². The monoisotopic (exact) mass is 484 g/mol. The van der Waals surface area contributed by atoms with Gasteiger partial charge in [-0.05, 0) is 74.4 Å². The summed E-state index contributed by atoms with van der Waals surface area (Å²) in [4.78, 5) is 28.4. The average molecular weight is 485 g/mol. The highest BCUT2D eigenvalue weighted by atomic mass is 35.5. The zero-order valence-corrected chi connectivity index (χ0v) is 21.6. The second kappa shape index (κ2) is 12.3. The molecule has 0 aliphatic heterocycles. The van der Waals surface area contributed by atoms with E-state index in [4.69, 9.17) is 16.3 Å². The maximum absolute atomic E-state index is 13.5. The van der Waals surface area contributed by atoms with E-state index in [9.17, 15) is 9.59 Å². The van der Waals surface area contributed by atoms with Crippen LogP contribution in [0.25, 0.3) is 0 Å². The summed E-state index contributed by atoms with van der Waals surface area (Å²) >= 11 is 6.41. The molecule has 1 aliphatic rings. The molecule has 5 nitrogen and oxygen atoms in total. The van der Waals surface area contributed by atoms with Crippen LogP contribution in [0, 0.1) is 20.8 Å². The molecule has 0 heterocycles. The van der Waals surface area contributed by atoms with E-state index in [1.807, 2.05) is 52.0 Å². The first-order chi connectivity index (χ1) is 16.3. The third-order valence-corrected chi connectivity index (χ3v) is 7.12. The SMILES string of the molecule is CC[C@H](C(=O)NC1CCCCC1)N(Cc1ccccc1Cl)C(=O)COc1cc(C)cc(C)c1C. The highest BCUT2D eigenvalue weighted by Gasteiger charge is 2.31. The Bertz CT molecular complexity index is 1000. The van der Waals surface area contributed by atoms with Gasteiger partial charge in [0.15, 0.2) is 6.61 Å². The number of benzene rings is 2. The fraction of sp³-hybridized carbons (Fsp3) is 0.500. The lowest BCUT2D eigenvalue weighted by Crippen LogP contribution is -2.52. The lowest BCUT2D eigenvalue weighted by atomic mass is 9.95. The maximum Gasteiger partial charge on any atom is 0.261 e. The highest BCUT2D eigenvalue weighted by Crippen LogP contribution is 2.25. The van der Waals surface area contributed by atoms with Crippen LogP contribution in [0.3, 0.4) is 0 Å². The normalized spacial score (nSPS) is 15.0. The molecule has 1 aliphatic carbocycles. The number of amides is 2. The Morgan fingerprint density at radius 2 is 1.82 bits per heavy atom. The molecule has 184 valence electrons. The van der Waals surface area contributed by atoms with Crippen molar-refractivity contribution in [2.45, 2.75) is 84.8 Å².